The number of hydrogen-bond donors (Lipinski definition) is 1. The highest BCUT2D eigenvalue weighted by atomic mass is 19.4. The summed E-state index contributed by atoms with van der Waals surface area (Å²) in [7, 11) is 0. The Kier molecular flexibility index (Phi) is 4.94. The monoisotopic (exact) mass is 301 g/mol. The van der Waals surface area contributed by atoms with Crippen LogP contribution in [0.4, 0.5) is 13.2 Å². The predicted molar refractivity (Wildman–Crippen MR) is 76.2 cm³/mol. The first kappa shape index (κ1) is 16.3. The van der Waals surface area contributed by atoms with Gasteiger partial charge in [0.25, 0.3) is 0 Å². The Balaban J connectivity index is 2.14. The number of rotatable bonds is 5. The third kappa shape index (κ3) is 4.45. The first-order valence-electron chi connectivity index (χ1n) is 7.28. The molecule has 1 heterocycles. The van der Waals surface area contributed by atoms with E-state index in [2.05, 4.69) is 19.2 Å². The van der Waals surface area contributed by atoms with E-state index in [9.17, 15) is 13.2 Å². The maximum Gasteiger partial charge on any atom is 0.416 e. The molecule has 0 aliphatic carbocycles. The van der Waals surface area contributed by atoms with Crippen LogP contribution in [-0.2, 0) is 17.3 Å². The third-order valence-corrected chi connectivity index (χ3v) is 3.90. The van der Waals surface area contributed by atoms with Gasteiger partial charge in [-0.05, 0) is 24.5 Å². The SMILES string of the molecule is CC(C)NCC1(Cc2cccc(C(F)(F)F)c2)CCOC1. The van der Waals surface area contributed by atoms with Crippen molar-refractivity contribution in [2.75, 3.05) is 19.8 Å². The minimum Gasteiger partial charge on any atom is -0.381 e. The van der Waals surface area contributed by atoms with Gasteiger partial charge in [-0.2, -0.15) is 13.2 Å². The van der Waals surface area contributed by atoms with E-state index in [0.29, 0.717) is 25.7 Å². The Bertz CT molecular complexity index is 465. The number of alkyl halides is 3. The van der Waals surface area contributed by atoms with Crippen molar-refractivity contribution in [3.63, 3.8) is 0 Å². The summed E-state index contributed by atoms with van der Waals surface area (Å²) in [5, 5.41) is 3.39. The normalized spacial score (nSPS) is 23.0. The lowest BCUT2D eigenvalue weighted by Gasteiger charge is -2.29. The summed E-state index contributed by atoms with van der Waals surface area (Å²) < 4.78 is 43.9. The fourth-order valence-corrected chi connectivity index (χ4v) is 2.70. The molecule has 0 saturated carbocycles. The molecule has 2 rings (SSSR count). The van der Waals surface area contributed by atoms with Crippen molar-refractivity contribution >= 4 is 0 Å². The molecule has 5 heteroatoms. The average molecular weight is 301 g/mol. The standard InChI is InChI=1S/C16H22F3NO/c1-12(2)20-10-15(6-7-21-11-15)9-13-4-3-5-14(8-13)16(17,18)19/h3-5,8,12,20H,6-7,9-11H2,1-2H3. The number of benzene rings is 1. The second-order valence-corrected chi connectivity index (χ2v) is 6.21. The highest BCUT2D eigenvalue weighted by Crippen LogP contribution is 2.34. The molecule has 1 aliphatic rings. The molecule has 1 saturated heterocycles. The average Bonchev–Trinajstić information content (AvgIpc) is 2.85. The first-order chi connectivity index (χ1) is 9.81. The molecule has 0 spiro atoms. The second-order valence-electron chi connectivity index (χ2n) is 6.21. The van der Waals surface area contributed by atoms with Gasteiger partial charge in [0.1, 0.15) is 0 Å². The lowest BCUT2D eigenvalue weighted by Crippen LogP contribution is -2.39. The van der Waals surface area contributed by atoms with Gasteiger partial charge in [-0.25, -0.2) is 0 Å². The minimum atomic E-state index is -4.29. The summed E-state index contributed by atoms with van der Waals surface area (Å²) in [6, 6.07) is 5.98. The highest BCUT2D eigenvalue weighted by Gasteiger charge is 2.36. The Labute approximate surface area is 123 Å². The molecule has 1 fully saturated rings. The minimum absolute atomic E-state index is 0.103. The third-order valence-electron chi connectivity index (χ3n) is 3.90. The van der Waals surface area contributed by atoms with Gasteiger partial charge in [-0.15, -0.1) is 0 Å². The smallest absolute Gasteiger partial charge is 0.381 e. The van der Waals surface area contributed by atoms with Crippen molar-refractivity contribution in [2.45, 2.75) is 38.9 Å². The molecule has 2 nitrogen and oxygen atoms in total. The molecule has 1 aromatic rings. The van der Waals surface area contributed by atoms with E-state index in [0.717, 1.165) is 24.6 Å². The van der Waals surface area contributed by atoms with Crippen LogP contribution in [0.2, 0.25) is 0 Å². The van der Waals surface area contributed by atoms with E-state index in [4.69, 9.17) is 4.74 Å². The largest absolute Gasteiger partial charge is 0.416 e. The van der Waals surface area contributed by atoms with Crippen LogP contribution < -0.4 is 5.32 Å². The van der Waals surface area contributed by atoms with E-state index >= 15 is 0 Å². The van der Waals surface area contributed by atoms with Crippen molar-refractivity contribution in [3.05, 3.63) is 35.4 Å². The summed E-state index contributed by atoms with van der Waals surface area (Å²) in [5.41, 5.74) is 0.0425. The highest BCUT2D eigenvalue weighted by molar-refractivity contribution is 5.27. The summed E-state index contributed by atoms with van der Waals surface area (Å²) in [6.07, 6.45) is -2.80. The van der Waals surface area contributed by atoms with E-state index in [-0.39, 0.29) is 5.41 Å². The van der Waals surface area contributed by atoms with Gasteiger partial charge >= 0.3 is 6.18 Å². The molecule has 0 aromatic heterocycles. The van der Waals surface area contributed by atoms with Gasteiger partial charge in [0, 0.05) is 24.6 Å². The van der Waals surface area contributed by atoms with Gasteiger partial charge < -0.3 is 10.1 Å². The van der Waals surface area contributed by atoms with Crippen LogP contribution >= 0.6 is 0 Å². The summed E-state index contributed by atoms with van der Waals surface area (Å²) in [5.74, 6) is 0. The topological polar surface area (TPSA) is 21.3 Å². The zero-order valence-corrected chi connectivity index (χ0v) is 12.5. The second kappa shape index (κ2) is 6.36. The van der Waals surface area contributed by atoms with Crippen molar-refractivity contribution in [2.24, 2.45) is 5.41 Å². The fraction of sp³-hybridized carbons (Fsp3) is 0.625. The van der Waals surface area contributed by atoms with Crippen molar-refractivity contribution in [1.82, 2.24) is 5.32 Å². The number of nitrogens with one attached hydrogen (secondary N) is 1. The molecular formula is C16H22F3NO. The molecule has 0 amide bonds. The molecule has 1 N–H and O–H groups in total. The molecule has 21 heavy (non-hydrogen) atoms. The predicted octanol–water partition coefficient (Wildman–Crippen LogP) is 3.65. The first-order valence-corrected chi connectivity index (χ1v) is 7.28. The van der Waals surface area contributed by atoms with Crippen LogP contribution in [0.5, 0.6) is 0 Å². The van der Waals surface area contributed by atoms with Crippen LogP contribution in [0.25, 0.3) is 0 Å². The maximum absolute atomic E-state index is 12.8. The maximum atomic E-state index is 12.8. The molecule has 1 aromatic carbocycles. The van der Waals surface area contributed by atoms with Crippen LogP contribution in [0, 0.1) is 5.41 Å². The van der Waals surface area contributed by atoms with E-state index in [1.54, 1.807) is 6.07 Å². The number of halogens is 3. The summed E-state index contributed by atoms with van der Waals surface area (Å²) in [4.78, 5) is 0. The Hall–Kier alpha value is -1.07. The van der Waals surface area contributed by atoms with Crippen LogP contribution in [-0.4, -0.2) is 25.8 Å². The van der Waals surface area contributed by atoms with Gasteiger partial charge in [0.05, 0.1) is 12.2 Å². The van der Waals surface area contributed by atoms with Gasteiger partial charge in [-0.1, -0.05) is 32.0 Å². The van der Waals surface area contributed by atoms with Crippen molar-refractivity contribution in [1.29, 1.82) is 0 Å². The zero-order valence-electron chi connectivity index (χ0n) is 12.5. The van der Waals surface area contributed by atoms with E-state index in [1.165, 1.54) is 12.1 Å². The lowest BCUT2D eigenvalue weighted by molar-refractivity contribution is -0.137. The Morgan fingerprint density at radius 3 is 2.67 bits per heavy atom. The van der Waals surface area contributed by atoms with Gasteiger partial charge in [0.15, 0.2) is 0 Å². The van der Waals surface area contributed by atoms with E-state index < -0.39 is 11.7 Å². The molecule has 0 bridgehead atoms. The van der Waals surface area contributed by atoms with Crippen LogP contribution in [0.15, 0.2) is 24.3 Å². The summed E-state index contributed by atoms with van der Waals surface area (Å²) >= 11 is 0. The molecule has 0 radical (unpaired) electrons. The molecule has 1 unspecified atom stereocenters. The molecule has 118 valence electrons. The Morgan fingerprint density at radius 2 is 2.10 bits per heavy atom. The molecule has 1 atom stereocenters. The molecular weight excluding hydrogens is 279 g/mol. The quantitative estimate of drug-likeness (QED) is 0.896. The van der Waals surface area contributed by atoms with Crippen molar-refractivity contribution in [3.8, 4) is 0 Å². The molecule has 1 aliphatic heterocycles. The van der Waals surface area contributed by atoms with Gasteiger partial charge in [-0.3, -0.25) is 0 Å². The number of hydrogen-bond acceptors (Lipinski definition) is 2. The number of ether oxygens (including phenoxy) is 1. The van der Waals surface area contributed by atoms with Crippen LogP contribution in [0.3, 0.4) is 0 Å². The van der Waals surface area contributed by atoms with Crippen LogP contribution in [0.1, 0.15) is 31.4 Å². The fourth-order valence-electron chi connectivity index (χ4n) is 2.70. The lowest BCUT2D eigenvalue weighted by atomic mass is 9.80. The van der Waals surface area contributed by atoms with Gasteiger partial charge in [0.2, 0.25) is 0 Å². The Morgan fingerprint density at radius 1 is 1.33 bits per heavy atom. The van der Waals surface area contributed by atoms with E-state index in [1.807, 2.05) is 0 Å². The summed E-state index contributed by atoms with van der Waals surface area (Å²) in [6.45, 7) is 6.17. The zero-order chi connectivity index (χ0) is 15.5. The van der Waals surface area contributed by atoms with Crippen molar-refractivity contribution < 1.29 is 17.9 Å².